The van der Waals surface area contributed by atoms with Gasteiger partial charge in [0.15, 0.2) is 0 Å². The molecular weight excluding hydrogens is 259 g/mol. The van der Waals surface area contributed by atoms with Crippen molar-refractivity contribution in [2.75, 3.05) is 13.1 Å². The second kappa shape index (κ2) is 5.50. The van der Waals surface area contributed by atoms with E-state index in [-0.39, 0.29) is 25.9 Å². The summed E-state index contributed by atoms with van der Waals surface area (Å²) in [6.07, 6.45) is -4.89. The lowest BCUT2D eigenvalue weighted by molar-refractivity contribution is -0.183. The minimum atomic E-state index is -4.17. The Hall–Kier alpha value is -1.72. The van der Waals surface area contributed by atoms with E-state index in [0.29, 0.717) is 5.75 Å². The molecule has 2 rings (SSSR count). The Morgan fingerprint density at radius 3 is 2.26 bits per heavy atom. The molecule has 0 spiro atoms. The number of hydrogen-bond acceptors (Lipinski definition) is 2. The fourth-order valence-corrected chi connectivity index (χ4v) is 2.04. The first-order chi connectivity index (χ1) is 8.97. The molecule has 0 radical (unpaired) electrons. The van der Waals surface area contributed by atoms with Crippen LogP contribution in [0.5, 0.6) is 5.75 Å². The van der Waals surface area contributed by atoms with Crippen molar-refractivity contribution in [2.45, 2.75) is 19.0 Å². The number of halogens is 3. The van der Waals surface area contributed by atoms with Crippen molar-refractivity contribution in [1.82, 2.24) is 4.90 Å². The van der Waals surface area contributed by atoms with Crippen molar-refractivity contribution >= 4 is 6.09 Å². The molecule has 104 valence electrons. The molecule has 1 aromatic rings. The van der Waals surface area contributed by atoms with E-state index in [1.54, 1.807) is 30.3 Å². The number of ether oxygens (including phenoxy) is 1. The average Bonchev–Trinajstić information content (AvgIpc) is 2.39. The molecule has 1 amide bonds. The summed E-state index contributed by atoms with van der Waals surface area (Å²) < 4.78 is 42.5. The van der Waals surface area contributed by atoms with Crippen LogP contribution in [0.2, 0.25) is 0 Å². The average molecular weight is 273 g/mol. The maximum absolute atomic E-state index is 12.5. The maximum Gasteiger partial charge on any atom is 0.415 e. The zero-order valence-electron chi connectivity index (χ0n) is 10.2. The van der Waals surface area contributed by atoms with Crippen LogP contribution >= 0.6 is 0 Å². The summed E-state index contributed by atoms with van der Waals surface area (Å²) in [6.45, 7) is 0.158. The van der Waals surface area contributed by atoms with Crippen molar-refractivity contribution in [3.8, 4) is 5.75 Å². The predicted molar refractivity (Wildman–Crippen MR) is 62.8 cm³/mol. The van der Waals surface area contributed by atoms with Gasteiger partial charge in [-0.05, 0) is 25.0 Å². The van der Waals surface area contributed by atoms with Crippen LogP contribution in [0.1, 0.15) is 12.8 Å². The van der Waals surface area contributed by atoms with Crippen molar-refractivity contribution < 1.29 is 22.7 Å². The number of rotatable bonds is 1. The zero-order valence-corrected chi connectivity index (χ0v) is 10.2. The lowest BCUT2D eigenvalue weighted by atomic mass is 9.97. The Morgan fingerprint density at radius 1 is 1.16 bits per heavy atom. The Bertz CT molecular complexity index is 425. The number of carbonyl (C=O) groups is 1. The van der Waals surface area contributed by atoms with Crippen LogP contribution in [-0.4, -0.2) is 30.3 Å². The molecule has 1 aliphatic heterocycles. The lowest BCUT2D eigenvalue weighted by Crippen LogP contribution is -2.43. The minimum Gasteiger partial charge on any atom is -0.410 e. The number of likely N-dealkylation sites (tertiary alicyclic amines) is 1. The molecular formula is C13H14F3NO2. The maximum atomic E-state index is 12.5. The molecule has 0 saturated carbocycles. The first-order valence-corrected chi connectivity index (χ1v) is 6.05. The van der Waals surface area contributed by atoms with Crippen LogP contribution in [0, 0.1) is 5.92 Å². The molecule has 0 bridgehead atoms. The molecule has 0 aromatic heterocycles. The normalized spacial score (nSPS) is 17.3. The van der Waals surface area contributed by atoms with Gasteiger partial charge in [-0.3, -0.25) is 0 Å². The van der Waals surface area contributed by atoms with Gasteiger partial charge in [-0.1, -0.05) is 18.2 Å². The fraction of sp³-hybridized carbons (Fsp3) is 0.462. The van der Waals surface area contributed by atoms with Gasteiger partial charge in [0.25, 0.3) is 0 Å². The molecule has 0 atom stereocenters. The van der Waals surface area contributed by atoms with Gasteiger partial charge < -0.3 is 9.64 Å². The summed E-state index contributed by atoms with van der Waals surface area (Å²) in [7, 11) is 0. The van der Waals surface area contributed by atoms with E-state index >= 15 is 0 Å². The van der Waals surface area contributed by atoms with E-state index in [9.17, 15) is 18.0 Å². The second-order valence-electron chi connectivity index (χ2n) is 4.48. The number of alkyl halides is 3. The number of para-hydroxylation sites is 1. The van der Waals surface area contributed by atoms with Gasteiger partial charge in [-0.15, -0.1) is 0 Å². The van der Waals surface area contributed by atoms with Crippen molar-refractivity contribution in [2.24, 2.45) is 5.92 Å². The topological polar surface area (TPSA) is 29.5 Å². The summed E-state index contributed by atoms with van der Waals surface area (Å²) in [6, 6.07) is 8.48. The molecule has 0 N–H and O–H groups in total. The molecule has 0 aliphatic carbocycles. The number of carbonyl (C=O) groups excluding carboxylic acids is 1. The fourth-order valence-electron chi connectivity index (χ4n) is 2.04. The SMILES string of the molecule is O=C(Oc1ccccc1)N1CCC(C(F)(F)F)CC1. The van der Waals surface area contributed by atoms with Crippen LogP contribution in [0.4, 0.5) is 18.0 Å². The summed E-state index contributed by atoms with van der Waals surface area (Å²) in [4.78, 5) is 13.1. The third kappa shape index (κ3) is 3.62. The summed E-state index contributed by atoms with van der Waals surface area (Å²) >= 11 is 0. The Morgan fingerprint density at radius 2 is 1.74 bits per heavy atom. The first kappa shape index (κ1) is 13.7. The van der Waals surface area contributed by atoms with E-state index < -0.39 is 18.2 Å². The molecule has 1 aliphatic rings. The number of nitrogens with zero attached hydrogens (tertiary/aromatic N) is 1. The van der Waals surface area contributed by atoms with E-state index in [1.165, 1.54) is 4.90 Å². The Balaban J connectivity index is 1.86. The number of piperidine rings is 1. The van der Waals surface area contributed by atoms with Gasteiger partial charge >= 0.3 is 12.3 Å². The van der Waals surface area contributed by atoms with Gasteiger partial charge in [-0.25, -0.2) is 4.79 Å². The number of amides is 1. The number of benzene rings is 1. The van der Waals surface area contributed by atoms with E-state index in [2.05, 4.69) is 0 Å². The molecule has 1 heterocycles. The second-order valence-corrected chi connectivity index (χ2v) is 4.48. The quantitative estimate of drug-likeness (QED) is 0.784. The van der Waals surface area contributed by atoms with Gasteiger partial charge in [0.2, 0.25) is 0 Å². The monoisotopic (exact) mass is 273 g/mol. The molecule has 1 saturated heterocycles. The highest BCUT2D eigenvalue weighted by Crippen LogP contribution is 2.34. The summed E-state index contributed by atoms with van der Waals surface area (Å²) in [5.41, 5.74) is 0. The predicted octanol–water partition coefficient (Wildman–Crippen LogP) is 3.46. The van der Waals surface area contributed by atoms with Crippen LogP contribution in [0.25, 0.3) is 0 Å². The zero-order chi connectivity index (χ0) is 13.9. The van der Waals surface area contributed by atoms with Gasteiger partial charge in [-0.2, -0.15) is 13.2 Å². The molecule has 19 heavy (non-hydrogen) atoms. The third-order valence-electron chi connectivity index (χ3n) is 3.16. The Labute approximate surface area is 109 Å². The van der Waals surface area contributed by atoms with Gasteiger partial charge in [0.05, 0.1) is 5.92 Å². The van der Waals surface area contributed by atoms with E-state index in [4.69, 9.17) is 4.74 Å². The highest BCUT2D eigenvalue weighted by molar-refractivity contribution is 5.70. The standard InChI is InChI=1S/C13H14F3NO2/c14-13(15,16)10-6-8-17(9-7-10)12(18)19-11-4-2-1-3-5-11/h1-5,10H,6-9H2. The van der Waals surface area contributed by atoms with E-state index in [1.807, 2.05) is 0 Å². The first-order valence-electron chi connectivity index (χ1n) is 6.05. The smallest absolute Gasteiger partial charge is 0.410 e. The summed E-state index contributed by atoms with van der Waals surface area (Å²) in [5.74, 6) is -0.918. The van der Waals surface area contributed by atoms with E-state index in [0.717, 1.165) is 0 Å². The highest BCUT2D eigenvalue weighted by Gasteiger charge is 2.41. The molecule has 0 unspecified atom stereocenters. The molecule has 3 nitrogen and oxygen atoms in total. The molecule has 1 fully saturated rings. The summed E-state index contributed by atoms with van der Waals surface area (Å²) in [5, 5.41) is 0. The molecule has 6 heteroatoms. The van der Waals surface area contributed by atoms with Crippen molar-refractivity contribution in [1.29, 1.82) is 0 Å². The van der Waals surface area contributed by atoms with Crippen LogP contribution in [0.15, 0.2) is 30.3 Å². The Kier molecular flexibility index (Phi) is 3.97. The van der Waals surface area contributed by atoms with Gasteiger partial charge in [0, 0.05) is 13.1 Å². The minimum absolute atomic E-state index is 0.0621. The van der Waals surface area contributed by atoms with Crippen molar-refractivity contribution in [3.05, 3.63) is 30.3 Å². The van der Waals surface area contributed by atoms with Gasteiger partial charge in [0.1, 0.15) is 5.75 Å². The molecule has 1 aromatic carbocycles. The highest BCUT2D eigenvalue weighted by atomic mass is 19.4. The largest absolute Gasteiger partial charge is 0.415 e. The lowest BCUT2D eigenvalue weighted by Gasteiger charge is -2.32. The number of hydrogen-bond donors (Lipinski definition) is 0. The van der Waals surface area contributed by atoms with Crippen molar-refractivity contribution in [3.63, 3.8) is 0 Å². The van der Waals surface area contributed by atoms with Crippen LogP contribution in [0.3, 0.4) is 0 Å². The third-order valence-corrected chi connectivity index (χ3v) is 3.16. The van der Waals surface area contributed by atoms with Crippen LogP contribution in [-0.2, 0) is 0 Å². The van der Waals surface area contributed by atoms with Crippen LogP contribution < -0.4 is 4.74 Å².